The maximum absolute atomic E-state index is 5.76. The summed E-state index contributed by atoms with van der Waals surface area (Å²) in [4.78, 5) is 4.56. The molecule has 0 aromatic heterocycles. The van der Waals surface area contributed by atoms with Gasteiger partial charge in [0.15, 0.2) is 5.90 Å². The Morgan fingerprint density at radius 2 is 1.94 bits per heavy atom. The summed E-state index contributed by atoms with van der Waals surface area (Å²) in [5.74, 6) is 2.23. The Balaban J connectivity index is 2.04. The fourth-order valence-electron chi connectivity index (χ4n) is 2.29. The summed E-state index contributed by atoms with van der Waals surface area (Å²) in [7, 11) is 1.67. The summed E-state index contributed by atoms with van der Waals surface area (Å²) < 4.78 is 10.9. The van der Waals surface area contributed by atoms with Crippen molar-refractivity contribution in [2.45, 2.75) is 39.2 Å². The largest absolute Gasteiger partial charge is 0.497 e. The number of hydrogen-bond acceptors (Lipinski definition) is 3. The zero-order valence-corrected chi connectivity index (χ0v) is 11.3. The normalized spacial score (nSPS) is 24.5. The lowest BCUT2D eigenvalue weighted by atomic mass is 9.90. The third kappa shape index (κ3) is 2.66. The van der Waals surface area contributed by atoms with Crippen LogP contribution in [-0.4, -0.2) is 19.1 Å². The fourth-order valence-corrected chi connectivity index (χ4v) is 2.29. The Kier molecular flexibility index (Phi) is 4.24. The SMILES string of the molecule is CCC[C@@H]1OC(=Nc2ccc(OC)cc2)[C@@H]1CC. The maximum atomic E-state index is 5.76. The zero-order valence-electron chi connectivity index (χ0n) is 11.3. The number of nitrogens with zero attached hydrogens (tertiary/aromatic N) is 1. The molecule has 0 amide bonds. The molecule has 1 aliphatic rings. The van der Waals surface area contributed by atoms with Crippen LogP contribution in [0.5, 0.6) is 5.75 Å². The highest BCUT2D eigenvalue weighted by atomic mass is 16.5. The molecule has 0 bridgehead atoms. The average Bonchev–Trinajstić information content (AvgIpc) is 2.38. The quantitative estimate of drug-likeness (QED) is 0.788. The zero-order chi connectivity index (χ0) is 13.0. The summed E-state index contributed by atoms with van der Waals surface area (Å²) in [5, 5.41) is 0. The summed E-state index contributed by atoms with van der Waals surface area (Å²) >= 11 is 0. The van der Waals surface area contributed by atoms with Crippen molar-refractivity contribution in [3.63, 3.8) is 0 Å². The van der Waals surface area contributed by atoms with E-state index in [9.17, 15) is 0 Å². The molecule has 0 N–H and O–H groups in total. The molecule has 3 nitrogen and oxygen atoms in total. The molecular weight excluding hydrogens is 226 g/mol. The van der Waals surface area contributed by atoms with Crippen LogP contribution in [0.3, 0.4) is 0 Å². The van der Waals surface area contributed by atoms with Gasteiger partial charge < -0.3 is 9.47 Å². The third-order valence-electron chi connectivity index (χ3n) is 3.36. The molecule has 3 heteroatoms. The molecule has 1 fully saturated rings. The van der Waals surface area contributed by atoms with Crippen LogP contribution in [0.4, 0.5) is 5.69 Å². The highest BCUT2D eigenvalue weighted by Crippen LogP contribution is 2.32. The Morgan fingerprint density at radius 1 is 1.22 bits per heavy atom. The summed E-state index contributed by atoms with van der Waals surface area (Å²) in [6.45, 7) is 4.38. The Hall–Kier alpha value is -1.51. The fraction of sp³-hybridized carbons (Fsp3) is 0.533. The van der Waals surface area contributed by atoms with Crippen LogP contribution >= 0.6 is 0 Å². The number of aliphatic imine (C=N–C) groups is 1. The standard InChI is InChI=1S/C15H21NO2/c1-4-6-14-13(5-2)15(18-14)16-11-7-9-12(17-3)10-8-11/h7-10,13-14H,4-6H2,1-3H3/t13-,14+/m1/s1. The van der Waals surface area contributed by atoms with E-state index in [0.717, 1.165) is 36.6 Å². The minimum Gasteiger partial charge on any atom is -0.497 e. The van der Waals surface area contributed by atoms with Crippen LogP contribution in [0.1, 0.15) is 33.1 Å². The molecule has 1 aromatic rings. The minimum atomic E-state index is 0.372. The second kappa shape index (κ2) is 5.89. The van der Waals surface area contributed by atoms with Crippen molar-refractivity contribution in [1.29, 1.82) is 0 Å². The van der Waals surface area contributed by atoms with Crippen molar-refractivity contribution in [2.24, 2.45) is 10.9 Å². The van der Waals surface area contributed by atoms with E-state index in [1.807, 2.05) is 24.3 Å². The van der Waals surface area contributed by atoms with Crippen molar-refractivity contribution in [2.75, 3.05) is 7.11 Å². The highest BCUT2D eigenvalue weighted by molar-refractivity contribution is 5.86. The third-order valence-corrected chi connectivity index (χ3v) is 3.36. The molecule has 98 valence electrons. The van der Waals surface area contributed by atoms with E-state index in [4.69, 9.17) is 9.47 Å². The first-order chi connectivity index (χ1) is 8.78. The van der Waals surface area contributed by atoms with Gasteiger partial charge in [0.2, 0.25) is 0 Å². The van der Waals surface area contributed by atoms with Gasteiger partial charge in [-0.15, -0.1) is 0 Å². The molecule has 1 saturated heterocycles. The molecule has 0 aliphatic carbocycles. The van der Waals surface area contributed by atoms with E-state index in [-0.39, 0.29) is 0 Å². The van der Waals surface area contributed by atoms with E-state index in [0.29, 0.717) is 12.0 Å². The lowest BCUT2D eigenvalue weighted by molar-refractivity contribution is 0.0478. The maximum Gasteiger partial charge on any atom is 0.195 e. The van der Waals surface area contributed by atoms with E-state index in [2.05, 4.69) is 18.8 Å². The van der Waals surface area contributed by atoms with Crippen molar-refractivity contribution in [3.05, 3.63) is 24.3 Å². The smallest absolute Gasteiger partial charge is 0.195 e. The van der Waals surface area contributed by atoms with E-state index < -0.39 is 0 Å². The van der Waals surface area contributed by atoms with Crippen molar-refractivity contribution in [1.82, 2.24) is 0 Å². The summed E-state index contributed by atoms with van der Waals surface area (Å²) in [6.07, 6.45) is 3.76. The van der Waals surface area contributed by atoms with Gasteiger partial charge in [0.25, 0.3) is 0 Å². The van der Waals surface area contributed by atoms with Gasteiger partial charge in [0.1, 0.15) is 11.9 Å². The Bertz CT molecular complexity index is 411. The van der Waals surface area contributed by atoms with Crippen LogP contribution in [0, 0.1) is 5.92 Å². The predicted octanol–water partition coefficient (Wildman–Crippen LogP) is 3.95. The average molecular weight is 247 g/mol. The van der Waals surface area contributed by atoms with Gasteiger partial charge in [-0.2, -0.15) is 0 Å². The number of benzene rings is 1. The second-order valence-corrected chi connectivity index (χ2v) is 4.61. The van der Waals surface area contributed by atoms with Crippen LogP contribution < -0.4 is 4.74 Å². The molecular formula is C15H21NO2. The van der Waals surface area contributed by atoms with Crippen LogP contribution in [0.15, 0.2) is 29.3 Å². The van der Waals surface area contributed by atoms with Crippen molar-refractivity contribution >= 4 is 11.6 Å². The highest BCUT2D eigenvalue weighted by Gasteiger charge is 2.37. The Labute approximate surface area is 109 Å². The van der Waals surface area contributed by atoms with Crippen LogP contribution in [-0.2, 0) is 4.74 Å². The lowest BCUT2D eigenvalue weighted by Crippen LogP contribution is -2.44. The molecule has 0 unspecified atom stereocenters. The van der Waals surface area contributed by atoms with Crippen LogP contribution in [0.2, 0.25) is 0 Å². The van der Waals surface area contributed by atoms with Gasteiger partial charge in [-0.05, 0) is 37.1 Å². The number of rotatable bonds is 5. The van der Waals surface area contributed by atoms with Crippen molar-refractivity contribution < 1.29 is 9.47 Å². The number of methoxy groups -OCH3 is 1. The Morgan fingerprint density at radius 3 is 2.50 bits per heavy atom. The van der Waals surface area contributed by atoms with E-state index >= 15 is 0 Å². The molecule has 0 spiro atoms. The number of ether oxygens (including phenoxy) is 2. The van der Waals surface area contributed by atoms with Gasteiger partial charge >= 0.3 is 0 Å². The minimum absolute atomic E-state index is 0.372. The predicted molar refractivity (Wildman–Crippen MR) is 73.7 cm³/mol. The first kappa shape index (κ1) is 12.9. The van der Waals surface area contributed by atoms with Crippen molar-refractivity contribution in [3.8, 4) is 5.75 Å². The van der Waals surface area contributed by atoms with Crippen LogP contribution in [0.25, 0.3) is 0 Å². The molecule has 0 radical (unpaired) electrons. The monoisotopic (exact) mass is 247 g/mol. The molecule has 18 heavy (non-hydrogen) atoms. The molecule has 1 heterocycles. The summed E-state index contributed by atoms with van der Waals surface area (Å²) in [6, 6.07) is 7.75. The molecule has 2 atom stereocenters. The van der Waals surface area contributed by atoms with Gasteiger partial charge in [-0.25, -0.2) is 4.99 Å². The molecule has 2 rings (SSSR count). The lowest BCUT2D eigenvalue weighted by Gasteiger charge is -2.38. The first-order valence-corrected chi connectivity index (χ1v) is 6.67. The molecule has 1 aromatic carbocycles. The second-order valence-electron chi connectivity index (χ2n) is 4.61. The van der Waals surface area contributed by atoms with Gasteiger partial charge in [-0.3, -0.25) is 0 Å². The van der Waals surface area contributed by atoms with Gasteiger partial charge in [0.05, 0.1) is 18.7 Å². The number of hydrogen-bond donors (Lipinski definition) is 0. The molecule has 1 aliphatic heterocycles. The summed E-state index contributed by atoms with van der Waals surface area (Å²) in [5.41, 5.74) is 0.930. The van der Waals surface area contributed by atoms with E-state index in [1.165, 1.54) is 0 Å². The van der Waals surface area contributed by atoms with Gasteiger partial charge in [0, 0.05) is 0 Å². The molecule has 0 saturated carbocycles. The van der Waals surface area contributed by atoms with E-state index in [1.54, 1.807) is 7.11 Å². The first-order valence-electron chi connectivity index (χ1n) is 6.67. The van der Waals surface area contributed by atoms with Gasteiger partial charge in [-0.1, -0.05) is 20.3 Å². The topological polar surface area (TPSA) is 30.8 Å².